The molecule has 2 aromatic heterocycles. The molecule has 6 heteroatoms. The molecule has 0 saturated heterocycles. The van der Waals surface area contributed by atoms with Gasteiger partial charge in [-0.25, -0.2) is 0 Å². The summed E-state index contributed by atoms with van der Waals surface area (Å²) in [5.74, 6) is 0.483. The zero-order chi connectivity index (χ0) is 25.3. The molecule has 1 unspecified atom stereocenters. The van der Waals surface area contributed by atoms with Crippen LogP contribution in [0.4, 0.5) is 5.00 Å². The summed E-state index contributed by atoms with van der Waals surface area (Å²) in [6, 6.07) is 9.97. The first-order valence-electron chi connectivity index (χ1n) is 13.2. The average Bonchev–Trinajstić information content (AvgIpc) is 3.35. The Labute approximate surface area is 222 Å². The summed E-state index contributed by atoms with van der Waals surface area (Å²) >= 11 is 3.32. The maximum absolute atomic E-state index is 13.5. The average molecular weight is 521 g/mol. The van der Waals surface area contributed by atoms with E-state index in [1.807, 2.05) is 35.7 Å². The zero-order valence-corrected chi connectivity index (χ0v) is 23.2. The Kier molecular flexibility index (Phi) is 7.36. The number of hydrogen-bond donors (Lipinski definition) is 2. The van der Waals surface area contributed by atoms with Gasteiger partial charge in [-0.2, -0.15) is 0 Å². The molecular weight excluding hydrogens is 484 g/mol. The predicted octanol–water partition coefficient (Wildman–Crippen LogP) is 7.41. The lowest BCUT2D eigenvalue weighted by Crippen LogP contribution is -2.27. The number of carbonyl (C=O) groups is 2. The predicted molar refractivity (Wildman–Crippen MR) is 150 cm³/mol. The third-order valence-corrected chi connectivity index (χ3v) is 10.1. The minimum absolute atomic E-state index is 0.0739. The van der Waals surface area contributed by atoms with Crippen molar-refractivity contribution in [1.29, 1.82) is 0 Å². The highest BCUT2D eigenvalue weighted by atomic mass is 32.1. The number of carbonyl (C=O) groups excluding carboxylic acids is 2. The molecule has 0 fully saturated rings. The molecule has 36 heavy (non-hydrogen) atoms. The number of benzene rings is 1. The Morgan fingerprint density at radius 3 is 2.50 bits per heavy atom. The van der Waals surface area contributed by atoms with E-state index in [0.29, 0.717) is 23.0 Å². The van der Waals surface area contributed by atoms with Crippen molar-refractivity contribution in [2.75, 3.05) is 5.32 Å². The number of rotatable bonds is 5. The van der Waals surface area contributed by atoms with Crippen LogP contribution in [0.5, 0.6) is 0 Å². The fraction of sp³-hybridized carbons (Fsp3) is 0.467. The van der Waals surface area contributed by atoms with Gasteiger partial charge in [0.15, 0.2) is 0 Å². The Morgan fingerprint density at radius 2 is 1.72 bits per heavy atom. The minimum Gasteiger partial charge on any atom is -0.348 e. The van der Waals surface area contributed by atoms with E-state index in [1.165, 1.54) is 21.7 Å². The van der Waals surface area contributed by atoms with Gasteiger partial charge < -0.3 is 10.6 Å². The van der Waals surface area contributed by atoms with Crippen molar-refractivity contribution in [3.63, 3.8) is 0 Å². The molecular formula is C30H36N2O2S2. The summed E-state index contributed by atoms with van der Waals surface area (Å²) in [4.78, 5) is 29.6. The third-order valence-electron chi connectivity index (χ3n) is 7.80. The molecule has 0 bridgehead atoms. The molecule has 2 aliphatic carbocycles. The highest BCUT2D eigenvalue weighted by molar-refractivity contribution is 7.17. The third kappa shape index (κ3) is 5.30. The lowest BCUT2D eigenvalue weighted by Gasteiger charge is -2.34. The number of nitrogens with one attached hydrogen (secondary N) is 2. The van der Waals surface area contributed by atoms with Crippen LogP contribution in [-0.4, -0.2) is 11.8 Å². The summed E-state index contributed by atoms with van der Waals surface area (Å²) < 4.78 is 0. The van der Waals surface area contributed by atoms with Gasteiger partial charge in [0, 0.05) is 21.7 Å². The molecule has 2 N–H and O–H groups in total. The van der Waals surface area contributed by atoms with Crippen LogP contribution in [0.15, 0.2) is 35.7 Å². The smallest absolute Gasteiger partial charge is 0.257 e. The highest BCUT2D eigenvalue weighted by Crippen LogP contribution is 2.42. The summed E-state index contributed by atoms with van der Waals surface area (Å²) in [5.41, 5.74) is 5.17. The number of aryl methyl sites for hydroxylation is 1. The van der Waals surface area contributed by atoms with Crippen molar-refractivity contribution in [3.8, 4) is 0 Å². The standard InChI is InChI=1S/C30H36N2O2S2/c1-30(2,3)20-14-15-21-23(18-35-25(21)16-20)27(33)32-29-26(22-12-8-5-9-13-24(22)36-29)28(34)31-17-19-10-6-4-7-11-19/h4,6-7,10-11,18,20H,5,8-9,12-17H2,1-3H3,(H,31,34)(H,32,33). The maximum atomic E-state index is 13.5. The Morgan fingerprint density at radius 1 is 0.944 bits per heavy atom. The van der Waals surface area contributed by atoms with E-state index < -0.39 is 0 Å². The maximum Gasteiger partial charge on any atom is 0.257 e. The normalized spacial score (nSPS) is 17.6. The fourth-order valence-corrected chi connectivity index (χ4v) is 7.99. The monoisotopic (exact) mass is 520 g/mol. The molecule has 5 rings (SSSR count). The van der Waals surface area contributed by atoms with Gasteiger partial charge >= 0.3 is 0 Å². The Hall–Kier alpha value is -2.44. The molecule has 0 aliphatic heterocycles. The number of amides is 2. The van der Waals surface area contributed by atoms with Crippen LogP contribution in [0.25, 0.3) is 0 Å². The van der Waals surface area contributed by atoms with Gasteiger partial charge in [-0.3, -0.25) is 9.59 Å². The SMILES string of the molecule is CC(C)(C)C1CCc2c(C(=O)Nc3sc4c(c3C(=O)NCc3ccccc3)CCCCC4)csc2C1. The Balaban J connectivity index is 1.38. The van der Waals surface area contributed by atoms with Crippen LogP contribution in [0.2, 0.25) is 0 Å². The second-order valence-electron chi connectivity index (χ2n) is 11.2. The lowest BCUT2D eigenvalue weighted by atomic mass is 9.72. The van der Waals surface area contributed by atoms with Crippen molar-refractivity contribution in [3.05, 3.63) is 73.3 Å². The summed E-state index contributed by atoms with van der Waals surface area (Å²) in [6.07, 6.45) is 8.42. The molecule has 1 aromatic carbocycles. The van der Waals surface area contributed by atoms with Gasteiger partial charge in [0.05, 0.1) is 11.1 Å². The first-order chi connectivity index (χ1) is 17.3. The Bertz CT molecular complexity index is 1250. The van der Waals surface area contributed by atoms with Crippen LogP contribution in [-0.2, 0) is 32.2 Å². The summed E-state index contributed by atoms with van der Waals surface area (Å²) in [5, 5.41) is 9.03. The molecule has 0 saturated carbocycles. The molecule has 190 valence electrons. The van der Waals surface area contributed by atoms with Crippen molar-refractivity contribution >= 4 is 39.5 Å². The van der Waals surface area contributed by atoms with E-state index in [-0.39, 0.29) is 17.2 Å². The van der Waals surface area contributed by atoms with Crippen LogP contribution >= 0.6 is 22.7 Å². The van der Waals surface area contributed by atoms with Crippen LogP contribution < -0.4 is 10.6 Å². The van der Waals surface area contributed by atoms with Crippen molar-refractivity contribution in [2.24, 2.45) is 11.3 Å². The first kappa shape index (κ1) is 25.2. The van der Waals surface area contributed by atoms with Crippen molar-refractivity contribution in [1.82, 2.24) is 5.32 Å². The largest absolute Gasteiger partial charge is 0.348 e. The fourth-order valence-electron chi connectivity index (χ4n) is 5.55. The van der Waals surface area contributed by atoms with Gasteiger partial charge in [-0.1, -0.05) is 57.5 Å². The molecule has 3 aromatic rings. The summed E-state index contributed by atoms with van der Waals surface area (Å²) in [6.45, 7) is 7.42. The van der Waals surface area contributed by atoms with Crippen molar-refractivity contribution < 1.29 is 9.59 Å². The second-order valence-corrected chi connectivity index (χ2v) is 13.3. The van der Waals surface area contributed by atoms with E-state index in [1.54, 1.807) is 22.7 Å². The van der Waals surface area contributed by atoms with E-state index in [9.17, 15) is 9.59 Å². The molecule has 2 aliphatic rings. The molecule has 1 atom stereocenters. The molecule has 0 spiro atoms. The van der Waals surface area contributed by atoms with Crippen LogP contribution in [0.1, 0.15) is 93.6 Å². The zero-order valence-electron chi connectivity index (χ0n) is 21.5. The van der Waals surface area contributed by atoms with E-state index in [4.69, 9.17) is 0 Å². The topological polar surface area (TPSA) is 58.2 Å². The van der Waals surface area contributed by atoms with Crippen LogP contribution in [0, 0.1) is 11.3 Å². The lowest BCUT2D eigenvalue weighted by molar-refractivity contribution is 0.0951. The van der Waals surface area contributed by atoms with Crippen molar-refractivity contribution in [2.45, 2.75) is 78.7 Å². The van der Waals surface area contributed by atoms with Gasteiger partial charge in [-0.05, 0) is 73.0 Å². The second kappa shape index (κ2) is 10.5. The number of fused-ring (bicyclic) bond motifs is 2. The minimum atomic E-state index is -0.0890. The number of anilines is 1. The van der Waals surface area contributed by atoms with Gasteiger partial charge in [0.1, 0.15) is 5.00 Å². The number of thiophene rings is 2. The summed E-state index contributed by atoms with van der Waals surface area (Å²) in [7, 11) is 0. The van der Waals surface area contributed by atoms with E-state index >= 15 is 0 Å². The molecule has 4 nitrogen and oxygen atoms in total. The van der Waals surface area contributed by atoms with E-state index in [2.05, 4.69) is 31.4 Å². The molecule has 2 heterocycles. The quantitative estimate of drug-likeness (QED) is 0.344. The molecule has 2 amide bonds. The first-order valence-corrected chi connectivity index (χ1v) is 14.9. The number of hydrogen-bond acceptors (Lipinski definition) is 4. The van der Waals surface area contributed by atoms with Crippen LogP contribution in [0.3, 0.4) is 0 Å². The van der Waals surface area contributed by atoms with Gasteiger partial charge in [0.2, 0.25) is 0 Å². The highest BCUT2D eigenvalue weighted by Gasteiger charge is 2.32. The van der Waals surface area contributed by atoms with Gasteiger partial charge in [-0.15, -0.1) is 22.7 Å². The van der Waals surface area contributed by atoms with Gasteiger partial charge in [0.25, 0.3) is 11.8 Å². The molecule has 0 radical (unpaired) electrons. The van der Waals surface area contributed by atoms with E-state index in [0.717, 1.165) is 61.6 Å².